The van der Waals surface area contributed by atoms with Gasteiger partial charge in [0.15, 0.2) is 0 Å². The van der Waals surface area contributed by atoms with E-state index in [1.807, 2.05) is 6.08 Å². The van der Waals surface area contributed by atoms with E-state index in [4.69, 9.17) is 0 Å². The molecule has 0 aliphatic heterocycles. The molecule has 0 N–H and O–H groups in total. The molecule has 0 fully saturated rings. The van der Waals surface area contributed by atoms with E-state index in [0.717, 1.165) is 0 Å². The van der Waals surface area contributed by atoms with Crippen LogP contribution in [0.3, 0.4) is 0 Å². The Bertz CT molecular complexity index is 239. The van der Waals surface area contributed by atoms with Crippen molar-refractivity contribution in [1.82, 2.24) is 0 Å². The van der Waals surface area contributed by atoms with Crippen molar-refractivity contribution in [1.29, 1.82) is 0 Å². The van der Waals surface area contributed by atoms with Crippen molar-refractivity contribution < 1.29 is 0 Å². The summed E-state index contributed by atoms with van der Waals surface area (Å²) in [6.07, 6.45) is 10.5. The van der Waals surface area contributed by atoms with Gasteiger partial charge in [-0.2, -0.15) is 0 Å². The third-order valence-corrected chi connectivity index (χ3v) is 2.04. The van der Waals surface area contributed by atoms with Crippen molar-refractivity contribution in [2.75, 3.05) is 0 Å². The predicted molar refractivity (Wildman–Crippen MR) is 50.3 cm³/mol. The van der Waals surface area contributed by atoms with Crippen LogP contribution in [0.5, 0.6) is 0 Å². The molecule has 1 aliphatic carbocycles. The lowest BCUT2D eigenvalue weighted by molar-refractivity contribution is 0.960. The quantitative estimate of drug-likeness (QED) is 0.498. The van der Waals surface area contributed by atoms with Crippen LogP contribution in [0, 0.1) is 5.92 Å². The predicted octanol–water partition coefficient (Wildman–Crippen LogP) is 3.25. The van der Waals surface area contributed by atoms with Crippen molar-refractivity contribution >= 4 is 0 Å². The minimum absolute atomic E-state index is 0.421. The lowest BCUT2D eigenvalue weighted by atomic mass is 9.89. The van der Waals surface area contributed by atoms with Gasteiger partial charge in [0, 0.05) is 5.92 Å². The zero-order chi connectivity index (χ0) is 8.27. The Morgan fingerprint density at radius 3 is 2.73 bits per heavy atom. The molecule has 0 aromatic carbocycles. The fourth-order valence-corrected chi connectivity index (χ4v) is 1.41. The summed E-state index contributed by atoms with van der Waals surface area (Å²) in [4.78, 5) is 0. The largest absolute Gasteiger partial charge is 0.102 e. The highest BCUT2D eigenvalue weighted by Crippen LogP contribution is 2.25. The second-order valence-corrected chi connectivity index (χ2v) is 2.74. The molecule has 0 saturated carbocycles. The van der Waals surface area contributed by atoms with E-state index < -0.39 is 0 Å². The fourth-order valence-electron chi connectivity index (χ4n) is 1.41. The van der Waals surface area contributed by atoms with Gasteiger partial charge in [-0.05, 0) is 25.0 Å². The Morgan fingerprint density at radius 1 is 1.55 bits per heavy atom. The fraction of sp³-hybridized carbons (Fsp3) is 0.273. The zero-order valence-corrected chi connectivity index (χ0v) is 7.17. The van der Waals surface area contributed by atoms with Gasteiger partial charge in [0.25, 0.3) is 0 Å². The molecule has 0 aromatic heterocycles. The van der Waals surface area contributed by atoms with Gasteiger partial charge in [-0.25, -0.2) is 0 Å². The van der Waals surface area contributed by atoms with E-state index in [2.05, 4.69) is 44.7 Å². The van der Waals surface area contributed by atoms with Crippen molar-refractivity contribution in [2.45, 2.75) is 13.8 Å². The van der Waals surface area contributed by atoms with Gasteiger partial charge < -0.3 is 0 Å². The van der Waals surface area contributed by atoms with Crippen LogP contribution in [0.15, 0.2) is 48.1 Å². The molecule has 0 bridgehead atoms. The van der Waals surface area contributed by atoms with Crippen LogP contribution >= 0.6 is 0 Å². The molecule has 58 valence electrons. The van der Waals surface area contributed by atoms with Crippen LogP contribution in [0.2, 0.25) is 0 Å². The van der Waals surface area contributed by atoms with Crippen LogP contribution in [-0.4, -0.2) is 0 Å². The maximum atomic E-state index is 3.80. The number of rotatable bonds is 1. The van der Waals surface area contributed by atoms with E-state index in [0.29, 0.717) is 5.92 Å². The first-order valence-electron chi connectivity index (χ1n) is 3.93. The van der Waals surface area contributed by atoms with E-state index >= 15 is 0 Å². The number of hydrogen-bond acceptors (Lipinski definition) is 0. The molecular formula is C11H14. The van der Waals surface area contributed by atoms with Crippen LogP contribution in [-0.2, 0) is 0 Å². The van der Waals surface area contributed by atoms with Gasteiger partial charge in [-0.1, -0.05) is 30.4 Å². The van der Waals surface area contributed by atoms with E-state index in [9.17, 15) is 0 Å². The first-order chi connectivity index (χ1) is 5.29. The summed E-state index contributed by atoms with van der Waals surface area (Å²) >= 11 is 0. The Morgan fingerprint density at radius 2 is 2.27 bits per heavy atom. The first-order valence-corrected chi connectivity index (χ1v) is 3.93. The van der Waals surface area contributed by atoms with Crippen molar-refractivity contribution in [3.8, 4) is 0 Å². The standard InChI is InChI=1S/C11H14/c1-4-10-8-6-7-9(3)11(10)5-2/h4-8,10H,1H2,2-3H3/b11-5+. The molecule has 1 aliphatic rings. The molecule has 1 unspecified atom stereocenters. The maximum Gasteiger partial charge on any atom is 0.0198 e. The highest BCUT2D eigenvalue weighted by atomic mass is 14.1. The summed E-state index contributed by atoms with van der Waals surface area (Å²) in [5.74, 6) is 0.421. The lowest BCUT2D eigenvalue weighted by Crippen LogP contribution is -2.01. The highest BCUT2D eigenvalue weighted by Gasteiger charge is 2.09. The molecule has 1 atom stereocenters. The smallest absolute Gasteiger partial charge is 0.0198 e. The molecule has 0 spiro atoms. The van der Waals surface area contributed by atoms with Crippen molar-refractivity contribution in [3.05, 3.63) is 48.1 Å². The molecule has 11 heavy (non-hydrogen) atoms. The summed E-state index contributed by atoms with van der Waals surface area (Å²) in [5, 5.41) is 0. The van der Waals surface area contributed by atoms with E-state index in [1.54, 1.807) is 0 Å². The highest BCUT2D eigenvalue weighted by molar-refractivity contribution is 5.42. The Hall–Kier alpha value is -1.04. The average molecular weight is 146 g/mol. The summed E-state index contributed by atoms with van der Waals surface area (Å²) in [7, 11) is 0. The summed E-state index contributed by atoms with van der Waals surface area (Å²) in [6.45, 7) is 8.00. The Kier molecular flexibility index (Phi) is 2.48. The number of allylic oxidation sites excluding steroid dienone is 7. The minimum atomic E-state index is 0.421. The third-order valence-electron chi connectivity index (χ3n) is 2.04. The molecule has 0 aromatic rings. The van der Waals surface area contributed by atoms with Gasteiger partial charge >= 0.3 is 0 Å². The van der Waals surface area contributed by atoms with Crippen molar-refractivity contribution in [2.24, 2.45) is 5.92 Å². The van der Waals surface area contributed by atoms with Crippen LogP contribution in [0.1, 0.15) is 13.8 Å². The Balaban J connectivity index is 2.97. The second kappa shape index (κ2) is 3.38. The molecule has 0 nitrogen and oxygen atoms in total. The van der Waals surface area contributed by atoms with Gasteiger partial charge in [0.05, 0.1) is 0 Å². The number of hydrogen-bond donors (Lipinski definition) is 0. The monoisotopic (exact) mass is 146 g/mol. The first kappa shape index (κ1) is 8.06. The third kappa shape index (κ3) is 1.51. The summed E-state index contributed by atoms with van der Waals surface area (Å²) in [5.41, 5.74) is 2.72. The maximum absolute atomic E-state index is 3.80. The minimum Gasteiger partial charge on any atom is -0.102 e. The lowest BCUT2D eigenvalue weighted by Gasteiger charge is -2.16. The van der Waals surface area contributed by atoms with Gasteiger partial charge in [0.1, 0.15) is 0 Å². The molecule has 1 rings (SSSR count). The van der Waals surface area contributed by atoms with Crippen LogP contribution in [0.25, 0.3) is 0 Å². The molecule has 0 saturated heterocycles. The summed E-state index contributed by atoms with van der Waals surface area (Å²) < 4.78 is 0. The molecule has 0 heteroatoms. The molecular weight excluding hydrogens is 132 g/mol. The van der Waals surface area contributed by atoms with Crippen molar-refractivity contribution in [3.63, 3.8) is 0 Å². The summed E-state index contributed by atoms with van der Waals surface area (Å²) in [6, 6.07) is 0. The molecule has 0 amide bonds. The molecule has 0 heterocycles. The second-order valence-electron chi connectivity index (χ2n) is 2.74. The SMILES string of the molecule is C=CC1C=CC=C(C)/C1=C\C. The molecule has 0 radical (unpaired) electrons. The van der Waals surface area contributed by atoms with E-state index in [1.165, 1.54) is 11.1 Å². The van der Waals surface area contributed by atoms with Gasteiger partial charge in [-0.3, -0.25) is 0 Å². The van der Waals surface area contributed by atoms with Crippen LogP contribution < -0.4 is 0 Å². The topological polar surface area (TPSA) is 0 Å². The van der Waals surface area contributed by atoms with Gasteiger partial charge in [-0.15, -0.1) is 6.58 Å². The van der Waals surface area contributed by atoms with Crippen LogP contribution in [0.4, 0.5) is 0 Å². The van der Waals surface area contributed by atoms with Gasteiger partial charge in [0.2, 0.25) is 0 Å². The average Bonchev–Trinajstić information content (AvgIpc) is 2.04. The Labute approximate surface area is 68.6 Å². The zero-order valence-electron chi connectivity index (χ0n) is 7.17. The normalized spacial score (nSPS) is 26.9. The van der Waals surface area contributed by atoms with E-state index in [-0.39, 0.29) is 0 Å².